The Morgan fingerprint density at radius 1 is 1.30 bits per heavy atom. The van der Waals surface area contributed by atoms with Crippen LogP contribution in [0.1, 0.15) is 36.6 Å². The van der Waals surface area contributed by atoms with Crippen LogP contribution in [0.5, 0.6) is 0 Å². The highest BCUT2D eigenvalue weighted by Gasteiger charge is 2.27. The molecule has 1 aromatic carbocycles. The van der Waals surface area contributed by atoms with Gasteiger partial charge in [-0.1, -0.05) is 12.1 Å². The fourth-order valence-corrected chi connectivity index (χ4v) is 3.65. The van der Waals surface area contributed by atoms with Gasteiger partial charge in [0, 0.05) is 50.9 Å². The molecule has 1 fully saturated rings. The molecule has 2 aromatic rings. The van der Waals surface area contributed by atoms with Crippen LogP contribution in [-0.2, 0) is 17.8 Å². The molecule has 0 N–H and O–H groups in total. The van der Waals surface area contributed by atoms with Gasteiger partial charge in [-0.05, 0) is 51.1 Å². The number of hydrogen-bond donors (Lipinski definition) is 0. The van der Waals surface area contributed by atoms with E-state index in [0.29, 0.717) is 18.8 Å². The van der Waals surface area contributed by atoms with Crippen LogP contribution < -0.4 is 0 Å². The summed E-state index contributed by atoms with van der Waals surface area (Å²) < 4.78 is 15.2. The third-order valence-corrected chi connectivity index (χ3v) is 5.22. The zero-order chi connectivity index (χ0) is 19.2. The van der Waals surface area contributed by atoms with Gasteiger partial charge in [0.15, 0.2) is 0 Å². The Bertz CT molecular complexity index is 741. The summed E-state index contributed by atoms with van der Waals surface area (Å²) >= 11 is 0. The van der Waals surface area contributed by atoms with Crippen molar-refractivity contribution in [2.45, 2.75) is 38.1 Å². The van der Waals surface area contributed by atoms with Crippen LogP contribution in [0.4, 0.5) is 4.39 Å². The molecule has 1 atom stereocenters. The number of imidazole rings is 1. The molecule has 0 radical (unpaired) electrons. The largest absolute Gasteiger partial charge is 0.342 e. The predicted octanol–water partition coefficient (Wildman–Crippen LogP) is 2.92. The van der Waals surface area contributed by atoms with Gasteiger partial charge in [-0.15, -0.1) is 0 Å². The number of nitrogens with zero attached hydrogens (tertiary/aromatic N) is 4. The van der Waals surface area contributed by atoms with Crippen molar-refractivity contribution >= 4 is 5.91 Å². The second kappa shape index (κ2) is 9.13. The molecule has 6 heteroatoms. The summed E-state index contributed by atoms with van der Waals surface area (Å²) in [6.45, 7) is 3.44. The Morgan fingerprint density at radius 3 is 2.81 bits per heavy atom. The molecule has 0 unspecified atom stereocenters. The van der Waals surface area contributed by atoms with E-state index in [1.807, 2.05) is 17.3 Å². The molecule has 0 saturated carbocycles. The molecule has 146 valence electrons. The Morgan fingerprint density at radius 2 is 2.07 bits per heavy atom. The number of halogens is 1. The fraction of sp³-hybridized carbons (Fsp3) is 0.524. The molecule has 1 aromatic heterocycles. The Kier molecular flexibility index (Phi) is 6.61. The highest BCUT2D eigenvalue weighted by molar-refractivity contribution is 5.76. The van der Waals surface area contributed by atoms with Crippen molar-refractivity contribution < 1.29 is 9.18 Å². The second-order valence-corrected chi connectivity index (χ2v) is 7.59. The van der Waals surface area contributed by atoms with Gasteiger partial charge in [-0.25, -0.2) is 9.37 Å². The maximum Gasteiger partial charge on any atom is 0.222 e. The molecule has 2 heterocycles. The van der Waals surface area contributed by atoms with Crippen molar-refractivity contribution in [1.82, 2.24) is 19.4 Å². The fourth-order valence-electron chi connectivity index (χ4n) is 3.65. The molecular weight excluding hydrogens is 343 g/mol. The van der Waals surface area contributed by atoms with E-state index in [4.69, 9.17) is 0 Å². The van der Waals surface area contributed by atoms with E-state index in [1.165, 1.54) is 12.1 Å². The van der Waals surface area contributed by atoms with Crippen LogP contribution in [-0.4, -0.2) is 59.0 Å². The average molecular weight is 372 g/mol. The molecule has 27 heavy (non-hydrogen) atoms. The summed E-state index contributed by atoms with van der Waals surface area (Å²) in [4.78, 5) is 21.4. The number of carbonyl (C=O) groups is 1. The number of benzene rings is 1. The van der Waals surface area contributed by atoms with Gasteiger partial charge < -0.3 is 14.4 Å². The first kappa shape index (κ1) is 19.5. The van der Waals surface area contributed by atoms with Crippen molar-refractivity contribution in [1.29, 1.82) is 0 Å². The first-order valence-electron chi connectivity index (χ1n) is 9.71. The van der Waals surface area contributed by atoms with Crippen LogP contribution in [0.2, 0.25) is 0 Å². The monoisotopic (exact) mass is 372 g/mol. The molecule has 1 aliphatic rings. The number of rotatable bonds is 7. The number of likely N-dealkylation sites (tertiary alicyclic amines) is 1. The molecular formula is C21H29FN4O. The lowest BCUT2D eigenvalue weighted by Gasteiger charge is -2.33. The maximum absolute atomic E-state index is 13.0. The number of hydrogen-bond acceptors (Lipinski definition) is 3. The summed E-state index contributed by atoms with van der Waals surface area (Å²) in [5.74, 6) is 1.32. The predicted molar refractivity (Wildman–Crippen MR) is 104 cm³/mol. The molecule has 0 spiro atoms. The van der Waals surface area contributed by atoms with Gasteiger partial charge in [0.1, 0.15) is 11.6 Å². The van der Waals surface area contributed by atoms with E-state index in [1.54, 1.807) is 12.1 Å². The number of carbonyl (C=O) groups excluding carboxylic acids is 1. The third kappa shape index (κ3) is 5.39. The molecule has 1 amide bonds. The molecule has 1 aliphatic heterocycles. The van der Waals surface area contributed by atoms with Gasteiger partial charge in [0.05, 0.1) is 0 Å². The van der Waals surface area contributed by atoms with E-state index in [9.17, 15) is 9.18 Å². The molecule has 0 aliphatic carbocycles. The molecule has 5 nitrogen and oxygen atoms in total. The zero-order valence-electron chi connectivity index (χ0n) is 16.3. The van der Waals surface area contributed by atoms with Crippen LogP contribution in [0.25, 0.3) is 0 Å². The van der Waals surface area contributed by atoms with E-state index in [0.717, 1.165) is 50.4 Å². The van der Waals surface area contributed by atoms with Crippen LogP contribution in [0, 0.1) is 5.82 Å². The Labute approximate surface area is 160 Å². The summed E-state index contributed by atoms with van der Waals surface area (Å²) in [5, 5.41) is 0. The van der Waals surface area contributed by atoms with Crippen LogP contribution in [0.3, 0.4) is 0 Å². The molecule has 0 bridgehead atoms. The lowest BCUT2D eigenvalue weighted by atomic mass is 9.96. The summed E-state index contributed by atoms with van der Waals surface area (Å²) in [5.41, 5.74) is 0.998. The summed E-state index contributed by atoms with van der Waals surface area (Å²) in [7, 11) is 4.14. The smallest absolute Gasteiger partial charge is 0.222 e. The number of likely N-dealkylation sites (N-methyl/N-ethyl adjacent to an activating group) is 1. The van der Waals surface area contributed by atoms with Crippen molar-refractivity contribution in [2.75, 3.05) is 33.7 Å². The van der Waals surface area contributed by atoms with Crippen molar-refractivity contribution in [3.05, 3.63) is 53.9 Å². The number of piperidine rings is 1. The summed E-state index contributed by atoms with van der Waals surface area (Å²) in [6, 6.07) is 6.40. The maximum atomic E-state index is 13.0. The van der Waals surface area contributed by atoms with E-state index < -0.39 is 0 Å². The summed E-state index contributed by atoms with van der Waals surface area (Å²) in [6.07, 6.45) is 7.09. The first-order valence-corrected chi connectivity index (χ1v) is 9.71. The Balaban J connectivity index is 1.56. The minimum absolute atomic E-state index is 0.176. The Hall–Kier alpha value is -2.21. The molecule has 3 rings (SSSR count). The van der Waals surface area contributed by atoms with Crippen molar-refractivity contribution in [2.24, 2.45) is 0 Å². The highest BCUT2D eigenvalue weighted by atomic mass is 19.1. The van der Waals surface area contributed by atoms with Gasteiger partial charge in [-0.3, -0.25) is 4.79 Å². The van der Waals surface area contributed by atoms with E-state index >= 15 is 0 Å². The lowest BCUT2D eigenvalue weighted by molar-refractivity contribution is -0.132. The lowest BCUT2D eigenvalue weighted by Crippen LogP contribution is -2.40. The minimum atomic E-state index is -0.242. The zero-order valence-corrected chi connectivity index (χ0v) is 16.3. The average Bonchev–Trinajstić information content (AvgIpc) is 3.14. The van der Waals surface area contributed by atoms with E-state index in [-0.39, 0.29) is 11.7 Å². The topological polar surface area (TPSA) is 41.4 Å². The molecule has 1 saturated heterocycles. The third-order valence-electron chi connectivity index (χ3n) is 5.22. The first-order chi connectivity index (χ1) is 13.0. The van der Waals surface area contributed by atoms with E-state index in [2.05, 4.69) is 28.5 Å². The SMILES string of the molecule is CN(C)CCn1ccnc1[C@H]1CCCN(C(=O)CCc2ccc(F)cc2)C1. The van der Waals surface area contributed by atoms with Gasteiger partial charge in [0.25, 0.3) is 0 Å². The number of amides is 1. The van der Waals surface area contributed by atoms with Crippen LogP contribution >= 0.6 is 0 Å². The number of aromatic nitrogens is 2. The van der Waals surface area contributed by atoms with Crippen molar-refractivity contribution in [3.63, 3.8) is 0 Å². The quantitative estimate of drug-likeness (QED) is 0.750. The number of aryl methyl sites for hydroxylation is 1. The van der Waals surface area contributed by atoms with Gasteiger partial charge in [-0.2, -0.15) is 0 Å². The van der Waals surface area contributed by atoms with Gasteiger partial charge in [0.2, 0.25) is 5.91 Å². The van der Waals surface area contributed by atoms with Crippen LogP contribution in [0.15, 0.2) is 36.7 Å². The highest BCUT2D eigenvalue weighted by Crippen LogP contribution is 2.26. The normalized spacial score (nSPS) is 17.5. The standard InChI is InChI=1S/C21H29FN4O/c1-24(2)14-15-25-13-11-23-21(25)18-4-3-12-26(16-18)20(27)10-7-17-5-8-19(22)9-6-17/h5-6,8-9,11,13,18H,3-4,7,10,12,14-16H2,1-2H3/t18-/m0/s1. The minimum Gasteiger partial charge on any atom is -0.342 e. The van der Waals surface area contributed by atoms with Gasteiger partial charge >= 0.3 is 0 Å². The van der Waals surface area contributed by atoms with Crippen molar-refractivity contribution in [3.8, 4) is 0 Å². The second-order valence-electron chi connectivity index (χ2n) is 7.59.